The summed E-state index contributed by atoms with van der Waals surface area (Å²) in [4.78, 5) is 26.3. The number of halogens is 1. The molecule has 1 aromatic heterocycles. The highest BCUT2D eigenvalue weighted by molar-refractivity contribution is 5.93. The summed E-state index contributed by atoms with van der Waals surface area (Å²) >= 11 is 0. The molecule has 0 aliphatic carbocycles. The Hall–Kier alpha value is -1.60. The molecule has 0 saturated carbocycles. The third-order valence-electron chi connectivity index (χ3n) is 5.07. The van der Waals surface area contributed by atoms with Gasteiger partial charge in [0.25, 0.3) is 5.91 Å². The number of hydrogen-bond donors (Lipinski definition) is 2. The van der Waals surface area contributed by atoms with Gasteiger partial charge < -0.3 is 15.5 Å². The zero-order valence-corrected chi connectivity index (χ0v) is 15.6. The van der Waals surface area contributed by atoms with Crippen LogP contribution in [0.2, 0.25) is 0 Å². The van der Waals surface area contributed by atoms with E-state index in [0.717, 1.165) is 38.9 Å². The van der Waals surface area contributed by atoms with Crippen LogP contribution in [0, 0.1) is 5.92 Å². The van der Waals surface area contributed by atoms with Gasteiger partial charge in [-0.3, -0.25) is 14.3 Å². The van der Waals surface area contributed by atoms with Crippen LogP contribution in [0.3, 0.4) is 0 Å². The van der Waals surface area contributed by atoms with E-state index in [0.29, 0.717) is 30.5 Å². The van der Waals surface area contributed by atoms with Gasteiger partial charge in [0.15, 0.2) is 0 Å². The summed E-state index contributed by atoms with van der Waals surface area (Å²) in [5.41, 5.74) is 0.592. The maximum Gasteiger partial charge on any atom is 0.254 e. The molecule has 7 nitrogen and oxygen atoms in total. The number of nitrogens with one attached hydrogen (secondary N) is 2. The van der Waals surface area contributed by atoms with Gasteiger partial charge in [-0.05, 0) is 38.1 Å². The third-order valence-corrected chi connectivity index (χ3v) is 5.07. The van der Waals surface area contributed by atoms with Gasteiger partial charge in [0.2, 0.25) is 5.91 Å². The normalized spacial score (nSPS) is 21.0. The molecule has 8 heteroatoms. The summed E-state index contributed by atoms with van der Waals surface area (Å²) in [6, 6.07) is 0.369. The lowest BCUT2D eigenvalue weighted by atomic mass is 9.96. The molecular formula is C17H28ClN5O2. The average molecular weight is 370 g/mol. The van der Waals surface area contributed by atoms with Gasteiger partial charge >= 0.3 is 0 Å². The smallest absolute Gasteiger partial charge is 0.254 e. The highest BCUT2D eigenvalue weighted by atomic mass is 35.5. The van der Waals surface area contributed by atoms with Gasteiger partial charge in [0, 0.05) is 45.3 Å². The molecule has 0 bridgehead atoms. The van der Waals surface area contributed by atoms with Crippen LogP contribution in [0.5, 0.6) is 0 Å². The van der Waals surface area contributed by atoms with Crippen molar-refractivity contribution in [2.75, 3.05) is 26.2 Å². The fourth-order valence-electron chi connectivity index (χ4n) is 3.53. The number of rotatable bonds is 5. The van der Waals surface area contributed by atoms with Gasteiger partial charge in [-0.25, -0.2) is 0 Å². The molecule has 1 aromatic rings. The summed E-state index contributed by atoms with van der Waals surface area (Å²) in [6.45, 7) is 3.31. The van der Waals surface area contributed by atoms with Crippen LogP contribution in [0.25, 0.3) is 0 Å². The SMILES string of the molecule is Cl.Cn1cc(C(=O)NCC2CCN(C(=O)CC3CCCN3)CC2)cn1. The molecule has 2 saturated heterocycles. The molecule has 2 amide bonds. The van der Waals surface area contributed by atoms with E-state index in [1.54, 1.807) is 24.1 Å². The molecule has 2 aliphatic rings. The van der Waals surface area contributed by atoms with Crippen LogP contribution in [-0.4, -0.2) is 58.7 Å². The number of nitrogens with zero attached hydrogens (tertiary/aromatic N) is 3. The molecule has 0 aromatic carbocycles. The monoisotopic (exact) mass is 369 g/mol. The zero-order valence-electron chi connectivity index (χ0n) is 14.7. The van der Waals surface area contributed by atoms with Crippen molar-refractivity contribution in [3.8, 4) is 0 Å². The Kier molecular flexibility index (Phi) is 7.25. The van der Waals surface area contributed by atoms with Crippen molar-refractivity contribution in [2.45, 2.75) is 38.1 Å². The summed E-state index contributed by atoms with van der Waals surface area (Å²) in [5.74, 6) is 0.639. The van der Waals surface area contributed by atoms with Crippen molar-refractivity contribution in [1.29, 1.82) is 0 Å². The van der Waals surface area contributed by atoms with Gasteiger partial charge in [-0.15, -0.1) is 12.4 Å². The second-order valence-corrected chi connectivity index (χ2v) is 6.93. The molecule has 2 fully saturated rings. The van der Waals surface area contributed by atoms with E-state index in [-0.39, 0.29) is 24.2 Å². The maximum atomic E-state index is 12.3. The van der Waals surface area contributed by atoms with Crippen molar-refractivity contribution in [3.05, 3.63) is 18.0 Å². The van der Waals surface area contributed by atoms with Crippen molar-refractivity contribution >= 4 is 24.2 Å². The Morgan fingerprint density at radius 1 is 1.32 bits per heavy atom. The lowest BCUT2D eigenvalue weighted by Gasteiger charge is -2.32. The van der Waals surface area contributed by atoms with Gasteiger partial charge in [0.1, 0.15) is 0 Å². The molecule has 140 valence electrons. The number of aryl methyl sites for hydroxylation is 1. The van der Waals surface area contributed by atoms with Gasteiger partial charge in [-0.2, -0.15) is 5.10 Å². The molecule has 2 N–H and O–H groups in total. The quantitative estimate of drug-likeness (QED) is 0.810. The second kappa shape index (κ2) is 9.20. The predicted octanol–water partition coefficient (Wildman–Crippen LogP) is 0.952. The van der Waals surface area contributed by atoms with E-state index in [4.69, 9.17) is 0 Å². The lowest BCUT2D eigenvalue weighted by molar-refractivity contribution is -0.133. The third kappa shape index (κ3) is 5.44. The van der Waals surface area contributed by atoms with E-state index in [1.165, 1.54) is 6.42 Å². The minimum Gasteiger partial charge on any atom is -0.352 e. The standard InChI is InChI=1S/C17H27N5O2.ClH/c1-21-12-14(11-20-21)17(24)19-10-13-4-7-22(8-5-13)16(23)9-15-3-2-6-18-15;/h11-13,15,18H,2-10H2,1H3,(H,19,24);1H. The summed E-state index contributed by atoms with van der Waals surface area (Å²) < 4.78 is 1.62. The molecule has 3 rings (SSSR count). The zero-order chi connectivity index (χ0) is 16.9. The van der Waals surface area contributed by atoms with E-state index in [9.17, 15) is 9.59 Å². The van der Waals surface area contributed by atoms with E-state index in [2.05, 4.69) is 15.7 Å². The highest BCUT2D eigenvalue weighted by Gasteiger charge is 2.26. The lowest BCUT2D eigenvalue weighted by Crippen LogP contribution is -2.43. The van der Waals surface area contributed by atoms with Crippen molar-refractivity contribution < 1.29 is 9.59 Å². The van der Waals surface area contributed by atoms with Crippen molar-refractivity contribution in [3.63, 3.8) is 0 Å². The molecule has 1 atom stereocenters. The minimum absolute atomic E-state index is 0. The first-order chi connectivity index (χ1) is 11.6. The number of carbonyl (C=O) groups is 2. The van der Waals surface area contributed by atoms with Crippen LogP contribution in [0.15, 0.2) is 12.4 Å². The molecule has 0 radical (unpaired) electrons. The Morgan fingerprint density at radius 3 is 2.68 bits per heavy atom. The second-order valence-electron chi connectivity index (χ2n) is 6.93. The Labute approximate surface area is 154 Å². The molecular weight excluding hydrogens is 342 g/mol. The number of carbonyl (C=O) groups excluding carboxylic acids is 2. The first-order valence-electron chi connectivity index (χ1n) is 8.90. The van der Waals surface area contributed by atoms with Crippen LogP contribution in [-0.2, 0) is 11.8 Å². The largest absolute Gasteiger partial charge is 0.352 e. The van der Waals surface area contributed by atoms with Crippen LogP contribution >= 0.6 is 12.4 Å². The Bertz CT molecular complexity index is 577. The van der Waals surface area contributed by atoms with Crippen molar-refractivity contribution in [1.82, 2.24) is 25.3 Å². The Morgan fingerprint density at radius 2 is 2.08 bits per heavy atom. The van der Waals surface area contributed by atoms with E-state index in [1.807, 2.05) is 4.90 Å². The number of amides is 2. The summed E-state index contributed by atoms with van der Waals surface area (Å²) in [6.07, 6.45) is 8.12. The predicted molar refractivity (Wildman–Crippen MR) is 97.7 cm³/mol. The number of hydrogen-bond acceptors (Lipinski definition) is 4. The van der Waals surface area contributed by atoms with Gasteiger partial charge in [0.05, 0.1) is 11.8 Å². The molecule has 1 unspecified atom stereocenters. The number of piperidine rings is 1. The van der Waals surface area contributed by atoms with Gasteiger partial charge in [-0.1, -0.05) is 0 Å². The number of likely N-dealkylation sites (tertiary alicyclic amines) is 1. The van der Waals surface area contributed by atoms with Crippen LogP contribution in [0.1, 0.15) is 42.5 Å². The van der Waals surface area contributed by atoms with Crippen LogP contribution < -0.4 is 10.6 Å². The Balaban J connectivity index is 0.00000225. The van der Waals surface area contributed by atoms with Crippen LogP contribution in [0.4, 0.5) is 0 Å². The first kappa shape index (κ1) is 19.7. The maximum absolute atomic E-state index is 12.3. The average Bonchev–Trinajstić information content (AvgIpc) is 3.24. The topological polar surface area (TPSA) is 79.3 Å². The summed E-state index contributed by atoms with van der Waals surface area (Å²) in [5, 5.41) is 10.4. The fraction of sp³-hybridized carbons (Fsp3) is 0.706. The van der Waals surface area contributed by atoms with Crippen molar-refractivity contribution in [2.24, 2.45) is 13.0 Å². The van der Waals surface area contributed by atoms with E-state index >= 15 is 0 Å². The number of aromatic nitrogens is 2. The van der Waals surface area contributed by atoms with E-state index < -0.39 is 0 Å². The highest BCUT2D eigenvalue weighted by Crippen LogP contribution is 2.19. The fourth-order valence-corrected chi connectivity index (χ4v) is 3.53. The molecule has 0 spiro atoms. The molecule has 25 heavy (non-hydrogen) atoms. The minimum atomic E-state index is -0.0751. The first-order valence-corrected chi connectivity index (χ1v) is 8.90. The summed E-state index contributed by atoms with van der Waals surface area (Å²) in [7, 11) is 1.80. The molecule has 2 aliphatic heterocycles. The molecule has 3 heterocycles.